The second-order valence-corrected chi connectivity index (χ2v) is 8.08. The zero-order valence-electron chi connectivity index (χ0n) is 15.5. The van der Waals surface area contributed by atoms with Gasteiger partial charge in [0, 0.05) is 32.8 Å². The summed E-state index contributed by atoms with van der Waals surface area (Å²) in [7, 11) is 0. The highest BCUT2D eigenvalue weighted by molar-refractivity contribution is 5.80. The molecule has 2 aliphatic rings. The maximum Gasteiger partial charge on any atom is 0.193 e. The van der Waals surface area contributed by atoms with Crippen LogP contribution in [0.15, 0.2) is 4.99 Å². The van der Waals surface area contributed by atoms with Crippen LogP contribution in [0.25, 0.3) is 0 Å². The molecule has 0 amide bonds. The number of nitrogens with zero attached hydrogens (tertiary/aromatic N) is 2. The van der Waals surface area contributed by atoms with Gasteiger partial charge in [-0.05, 0) is 56.3 Å². The molecular weight excluding hydrogens is 286 g/mol. The molecular formula is C19H37N3O. The molecule has 1 aliphatic carbocycles. The Morgan fingerprint density at radius 2 is 2.00 bits per heavy atom. The molecule has 0 aromatic carbocycles. The summed E-state index contributed by atoms with van der Waals surface area (Å²) in [6.45, 7) is 11.0. The van der Waals surface area contributed by atoms with E-state index in [2.05, 4.69) is 31.0 Å². The van der Waals surface area contributed by atoms with Crippen molar-refractivity contribution in [2.24, 2.45) is 22.2 Å². The Bertz CT molecular complexity index is 375. The van der Waals surface area contributed by atoms with Crippen molar-refractivity contribution in [3.8, 4) is 0 Å². The number of likely N-dealkylation sites (tertiary alicyclic amines) is 1. The summed E-state index contributed by atoms with van der Waals surface area (Å²) in [6, 6.07) is 0. The number of aliphatic hydroxyl groups is 1. The molecule has 0 radical (unpaired) electrons. The van der Waals surface area contributed by atoms with Gasteiger partial charge in [-0.3, -0.25) is 4.99 Å². The largest absolute Gasteiger partial charge is 0.396 e. The summed E-state index contributed by atoms with van der Waals surface area (Å²) in [4.78, 5) is 7.43. The summed E-state index contributed by atoms with van der Waals surface area (Å²) in [5, 5.41) is 12.8. The lowest BCUT2D eigenvalue weighted by Gasteiger charge is -2.26. The number of aliphatic imine (C=N–C) groups is 1. The van der Waals surface area contributed by atoms with Gasteiger partial charge in [-0.2, -0.15) is 0 Å². The van der Waals surface area contributed by atoms with E-state index >= 15 is 0 Å². The van der Waals surface area contributed by atoms with Gasteiger partial charge < -0.3 is 15.3 Å². The van der Waals surface area contributed by atoms with Crippen LogP contribution >= 0.6 is 0 Å². The predicted molar refractivity (Wildman–Crippen MR) is 97.7 cm³/mol. The van der Waals surface area contributed by atoms with Gasteiger partial charge >= 0.3 is 0 Å². The molecule has 2 fully saturated rings. The molecule has 1 saturated carbocycles. The highest BCUT2D eigenvalue weighted by Gasteiger charge is 2.41. The first kappa shape index (κ1) is 18.6. The standard InChI is InChI=1S/C19H37N3O/c1-4-20-18(21-14-17(7-12-23)13-16(2)3)22-11-10-19(15-22)8-5-6-9-19/h16-17,23H,4-15H2,1-3H3,(H,20,21). The molecule has 1 atom stereocenters. The molecule has 2 rings (SSSR count). The number of aliphatic hydroxyl groups excluding tert-OH is 1. The minimum absolute atomic E-state index is 0.274. The number of guanidine groups is 1. The van der Waals surface area contributed by atoms with Crippen molar-refractivity contribution in [2.45, 2.75) is 65.7 Å². The van der Waals surface area contributed by atoms with Gasteiger partial charge in [0.05, 0.1) is 0 Å². The topological polar surface area (TPSA) is 47.9 Å². The van der Waals surface area contributed by atoms with Crippen LogP contribution in [0.3, 0.4) is 0 Å². The van der Waals surface area contributed by atoms with E-state index < -0.39 is 0 Å². The molecule has 134 valence electrons. The van der Waals surface area contributed by atoms with Crippen LogP contribution in [0.2, 0.25) is 0 Å². The van der Waals surface area contributed by atoms with Gasteiger partial charge in [0.15, 0.2) is 5.96 Å². The molecule has 1 unspecified atom stereocenters. The molecule has 23 heavy (non-hydrogen) atoms. The van der Waals surface area contributed by atoms with Crippen LogP contribution in [0.5, 0.6) is 0 Å². The van der Waals surface area contributed by atoms with Crippen molar-refractivity contribution in [3.63, 3.8) is 0 Å². The summed E-state index contributed by atoms with van der Waals surface area (Å²) >= 11 is 0. The number of nitrogens with one attached hydrogen (secondary N) is 1. The van der Waals surface area contributed by atoms with Gasteiger partial charge in [-0.15, -0.1) is 0 Å². The van der Waals surface area contributed by atoms with Crippen LogP contribution in [0.4, 0.5) is 0 Å². The fourth-order valence-corrected chi connectivity index (χ4v) is 4.42. The van der Waals surface area contributed by atoms with Crippen LogP contribution in [-0.4, -0.2) is 48.8 Å². The van der Waals surface area contributed by atoms with E-state index in [1.807, 2.05) is 0 Å². The van der Waals surface area contributed by atoms with E-state index in [0.717, 1.165) is 38.4 Å². The van der Waals surface area contributed by atoms with Crippen molar-refractivity contribution < 1.29 is 5.11 Å². The lowest BCUT2D eigenvalue weighted by atomic mass is 9.86. The Kier molecular flexibility index (Phi) is 7.19. The second-order valence-electron chi connectivity index (χ2n) is 8.08. The van der Waals surface area contributed by atoms with E-state index in [9.17, 15) is 5.11 Å². The molecule has 2 N–H and O–H groups in total. The number of hydrogen-bond donors (Lipinski definition) is 2. The highest BCUT2D eigenvalue weighted by Crippen LogP contribution is 2.45. The molecule has 0 aromatic heterocycles. The summed E-state index contributed by atoms with van der Waals surface area (Å²) in [6.07, 6.45) is 8.98. The van der Waals surface area contributed by atoms with Gasteiger partial charge in [-0.1, -0.05) is 26.7 Å². The SMILES string of the molecule is CCNC(=NCC(CCO)CC(C)C)N1CCC2(CCCC2)C1. The van der Waals surface area contributed by atoms with E-state index in [1.54, 1.807) is 0 Å². The first-order valence-electron chi connectivity index (χ1n) is 9.72. The second kappa shape index (κ2) is 8.91. The van der Waals surface area contributed by atoms with E-state index in [1.165, 1.54) is 38.6 Å². The average Bonchev–Trinajstić information content (AvgIpc) is 3.13. The summed E-state index contributed by atoms with van der Waals surface area (Å²) in [5.41, 5.74) is 0.582. The fraction of sp³-hybridized carbons (Fsp3) is 0.947. The monoisotopic (exact) mass is 323 g/mol. The van der Waals surface area contributed by atoms with Gasteiger partial charge in [0.25, 0.3) is 0 Å². The summed E-state index contributed by atoms with van der Waals surface area (Å²) < 4.78 is 0. The van der Waals surface area contributed by atoms with Gasteiger partial charge in [0.1, 0.15) is 0 Å². The molecule has 4 heteroatoms. The maximum absolute atomic E-state index is 9.29. The quantitative estimate of drug-likeness (QED) is 0.558. The van der Waals surface area contributed by atoms with Crippen LogP contribution < -0.4 is 5.32 Å². The Hall–Kier alpha value is -0.770. The molecule has 1 saturated heterocycles. The maximum atomic E-state index is 9.29. The molecule has 1 aliphatic heterocycles. The van der Waals surface area contributed by atoms with E-state index in [0.29, 0.717) is 17.3 Å². The van der Waals surface area contributed by atoms with Crippen molar-refractivity contribution in [1.29, 1.82) is 0 Å². The third-order valence-electron chi connectivity index (χ3n) is 5.58. The van der Waals surface area contributed by atoms with Gasteiger partial charge in [0.2, 0.25) is 0 Å². The Labute approximate surface area is 142 Å². The average molecular weight is 324 g/mol. The van der Waals surface area contributed by atoms with Crippen LogP contribution in [-0.2, 0) is 0 Å². The zero-order chi connectivity index (χ0) is 16.7. The lowest BCUT2D eigenvalue weighted by Crippen LogP contribution is -2.41. The number of rotatable bonds is 7. The zero-order valence-corrected chi connectivity index (χ0v) is 15.5. The van der Waals surface area contributed by atoms with Gasteiger partial charge in [-0.25, -0.2) is 0 Å². The molecule has 0 bridgehead atoms. The van der Waals surface area contributed by atoms with Crippen molar-refractivity contribution in [3.05, 3.63) is 0 Å². The van der Waals surface area contributed by atoms with E-state index in [-0.39, 0.29) is 6.61 Å². The molecule has 1 spiro atoms. The lowest BCUT2D eigenvalue weighted by molar-refractivity contribution is 0.245. The Balaban J connectivity index is 1.96. The molecule has 1 heterocycles. The third-order valence-corrected chi connectivity index (χ3v) is 5.58. The van der Waals surface area contributed by atoms with Crippen molar-refractivity contribution in [1.82, 2.24) is 10.2 Å². The van der Waals surface area contributed by atoms with Crippen LogP contribution in [0, 0.1) is 17.3 Å². The molecule has 4 nitrogen and oxygen atoms in total. The van der Waals surface area contributed by atoms with E-state index in [4.69, 9.17) is 4.99 Å². The summed E-state index contributed by atoms with van der Waals surface area (Å²) in [5.74, 6) is 2.26. The minimum Gasteiger partial charge on any atom is -0.396 e. The highest BCUT2D eigenvalue weighted by atomic mass is 16.3. The first-order valence-corrected chi connectivity index (χ1v) is 9.72. The Morgan fingerprint density at radius 1 is 1.26 bits per heavy atom. The van der Waals surface area contributed by atoms with Crippen LogP contribution in [0.1, 0.15) is 65.7 Å². The van der Waals surface area contributed by atoms with Crippen molar-refractivity contribution in [2.75, 3.05) is 32.8 Å². The first-order chi connectivity index (χ1) is 11.1. The number of hydrogen-bond acceptors (Lipinski definition) is 2. The smallest absolute Gasteiger partial charge is 0.193 e. The minimum atomic E-state index is 0.274. The third kappa shape index (κ3) is 5.37. The van der Waals surface area contributed by atoms with Crippen molar-refractivity contribution >= 4 is 5.96 Å². The normalized spacial score (nSPS) is 22.3. The fourth-order valence-electron chi connectivity index (χ4n) is 4.42. The Morgan fingerprint density at radius 3 is 2.61 bits per heavy atom. The predicted octanol–water partition coefficient (Wildman–Crippen LogP) is 3.26. The molecule has 0 aromatic rings.